The molecule has 3 heterocycles. The molecule has 0 radical (unpaired) electrons. The number of ether oxygens (including phenoxy) is 2. The molecule has 2 fully saturated rings. The summed E-state index contributed by atoms with van der Waals surface area (Å²) in [4.78, 5) is 11.8. The van der Waals surface area contributed by atoms with Crippen LogP contribution in [0.5, 0.6) is 0 Å². The molecule has 7 heteroatoms. The van der Waals surface area contributed by atoms with E-state index < -0.39 is 29.6 Å². The number of aryl methyl sites for hydroxylation is 1. The normalized spacial score (nSPS) is 43.0. The van der Waals surface area contributed by atoms with Gasteiger partial charge >= 0.3 is 5.97 Å². The summed E-state index contributed by atoms with van der Waals surface area (Å²) in [6.07, 6.45) is -2.52. The van der Waals surface area contributed by atoms with Crippen molar-refractivity contribution in [1.82, 2.24) is 0 Å². The third-order valence-corrected chi connectivity index (χ3v) is 3.35. The van der Waals surface area contributed by atoms with E-state index in [1.54, 1.807) is 6.92 Å². The van der Waals surface area contributed by atoms with Gasteiger partial charge in [-0.3, -0.25) is 0 Å². The van der Waals surface area contributed by atoms with Gasteiger partial charge in [0.05, 0.1) is 6.61 Å². The van der Waals surface area contributed by atoms with Crippen molar-refractivity contribution in [3.8, 4) is 0 Å². The summed E-state index contributed by atoms with van der Waals surface area (Å²) in [5, 5.41) is 30.3. The second-order valence-electron chi connectivity index (χ2n) is 4.52. The number of hydrogen-bond donors (Lipinski definition) is 3. The van der Waals surface area contributed by atoms with Crippen LogP contribution in [0.1, 0.15) is 11.5 Å². The largest absolute Gasteiger partial charge is 0.462 e. The molecule has 1 aromatic rings. The van der Waals surface area contributed by atoms with Crippen molar-refractivity contribution in [3.63, 3.8) is 0 Å². The van der Waals surface area contributed by atoms with Crippen LogP contribution in [0.25, 0.3) is 0 Å². The van der Waals surface area contributed by atoms with Crippen LogP contribution in [0.15, 0.2) is 16.5 Å². The van der Waals surface area contributed by atoms with Crippen LogP contribution in [-0.2, 0) is 19.9 Å². The third-order valence-electron chi connectivity index (χ3n) is 3.35. The highest BCUT2D eigenvalue weighted by atomic mass is 16.7. The molecule has 98 valence electrons. The molecule has 2 saturated heterocycles. The summed E-state index contributed by atoms with van der Waals surface area (Å²) in [5.74, 6) is -3.17. The van der Waals surface area contributed by atoms with E-state index in [2.05, 4.69) is 0 Å². The summed E-state index contributed by atoms with van der Waals surface area (Å²) in [6, 6.07) is 2.88. The second kappa shape index (κ2) is 3.33. The van der Waals surface area contributed by atoms with Gasteiger partial charge in [-0.05, 0) is 19.1 Å². The number of esters is 1. The molecule has 0 spiro atoms. The highest BCUT2D eigenvalue weighted by Gasteiger charge is 2.75. The minimum Gasteiger partial charge on any atom is -0.462 e. The van der Waals surface area contributed by atoms with E-state index in [4.69, 9.17) is 13.9 Å². The predicted octanol–water partition coefficient (Wildman–Crippen LogP) is -1.22. The molecule has 18 heavy (non-hydrogen) atoms. The number of carbonyl (C=O) groups is 1. The summed E-state index contributed by atoms with van der Waals surface area (Å²) in [5.41, 5.74) is -2.47. The van der Waals surface area contributed by atoms with Gasteiger partial charge in [-0.15, -0.1) is 0 Å². The fourth-order valence-electron chi connectivity index (χ4n) is 2.36. The van der Waals surface area contributed by atoms with Gasteiger partial charge in [-0.2, -0.15) is 0 Å². The number of aliphatic hydroxyl groups excluding tert-OH is 1. The van der Waals surface area contributed by atoms with Crippen LogP contribution in [0.2, 0.25) is 0 Å². The lowest BCUT2D eigenvalue weighted by molar-refractivity contribution is -0.271. The first-order valence-electron chi connectivity index (χ1n) is 5.44. The zero-order valence-corrected chi connectivity index (χ0v) is 9.49. The minimum atomic E-state index is -2.47. The topological polar surface area (TPSA) is 109 Å². The maximum atomic E-state index is 11.8. The molecule has 0 aromatic carbocycles. The highest BCUT2D eigenvalue weighted by Crippen LogP contribution is 2.48. The Kier molecular flexibility index (Phi) is 2.16. The molecule has 2 aliphatic rings. The minimum absolute atomic E-state index is 0.177. The van der Waals surface area contributed by atoms with Crippen LogP contribution >= 0.6 is 0 Å². The Labute approximate surface area is 102 Å². The van der Waals surface area contributed by atoms with E-state index in [0.29, 0.717) is 5.76 Å². The Morgan fingerprint density at radius 1 is 1.39 bits per heavy atom. The van der Waals surface area contributed by atoms with Gasteiger partial charge < -0.3 is 29.2 Å². The highest BCUT2D eigenvalue weighted by molar-refractivity contribution is 5.84. The lowest BCUT2D eigenvalue weighted by Gasteiger charge is -2.29. The molecule has 3 rings (SSSR count). The van der Waals surface area contributed by atoms with Gasteiger partial charge in [0.1, 0.15) is 11.9 Å². The summed E-state index contributed by atoms with van der Waals surface area (Å²) < 4.78 is 15.0. The first-order valence-corrected chi connectivity index (χ1v) is 5.44. The number of fused-ring (bicyclic) bond motifs is 1. The van der Waals surface area contributed by atoms with Gasteiger partial charge in [0.25, 0.3) is 11.4 Å². The molecule has 0 bridgehead atoms. The first-order chi connectivity index (χ1) is 8.39. The van der Waals surface area contributed by atoms with Crippen LogP contribution < -0.4 is 0 Å². The summed E-state index contributed by atoms with van der Waals surface area (Å²) >= 11 is 0. The fourth-order valence-corrected chi connectivity index (χ4v) is 2.36. The van der Waals surface area contributed by atoms with Crippen molar-refractivity contribution in [3.05, 3.63) is 23.7 Å². The molecule has 2 aliphatic heterocycles. The number of furan rings is 1. The Balaban J connectivity index is 2.13. The number of carbonyl (C=O) groups excluding carboxylic acids is 1. The lowest BCUT2D eigenvalue weighted by atomic mass is 9.89. The van der Waals surface area contributed by atoms with Crippen LogP contribution in [0.3, 0.4) is 0 Å². The summed E-state index contributed by atoms with van der Waals surface area (Å²) in [6.45, 7) is 1.38. The van der Waals surface area contributed by atoms with Gasteiger partial charge in [0.15, 0.2) is 11.9 Å². The molecule has 3 N–H and O–H groups in total. The molecular formula is C11H12O7. The maximum Gasteiger partial charge on any atom is 0.352 e. The number of aliphatic hydroxyl groups is 3. The molecule has 4 atom stereocenters. The molecular weight excluding hydrogens is 244 g/mol. The van der Waals surface area contributed by atoms with Crippen molar-refractivity contribution < 1.29 is 34.0 Å². The zero-order chi connectivity index (χ0) is 13.1. The molecule has 2 unspecified atom stereocenters. The van der Waals surface area contributed by atoms with E-state index in [1.807, 2.05) is 0 Å². The van der Waals surface area contributed by atoms with Crippen molar-refractivity contribution in [2.45, 2.75) is 30.5 Å². The first kappa shape index (κ1) is 11.7. The third kappa shape index (κ3) is 1.14. The molecule has 0 saturated carbocycles. The van der Waals surface area contributed by atoms with Gasteiger partial charge in [0, 0.05) is 0 Å². The Hall–Kier alpha value is -1.41. The Bertz CT molecular complexity index is 509. The predicted molar refractivity (Wildman–Crippen MR) is 54.1 cm³/mol. The maximum absolute atomic E-state index is 11.8. The standard InChI is InChI=1S/C11H12O7/c1-5-2-3-7(17-5)10(14)9(13)18-8-6(12)4-16-11(8,10)15/h2-3,6,8,12,14-15H,4H2,1H3/t6?,8?,10-,11+/m1/s1. The van der Waals surface area contributed by atoms with Crippen LogP contribution in [0.4, 0.5) is 0 Å². The second-order valence-corrected chi connectivity index (χ2v) is 4.52. The average molecular weight is 256 g/mol. The van der Waals surface area contributed by atoms with Gasteiger partial charge in [-0.1, -0.05) is 0 Å². The molecule has 0 amide bonds. The van der Waals surface area contributed by atoms with Crippen molar-refractivity contribution in [2.75, 3.05) is 6.61 Å². The van der Waals surface area contributed by atoms with E-state index in [1.165, 1.54) is 12.1 Å². The molecule has 0 aliphatic carbocycles. The Morgan fingerprint density at radius 3 is 2.72 bits per heavy atom. The van der Waals surface area contributed by atoms with Crippen molar-refractivity contribution in [2.24, 2.45) is 0 Å². The van der Waals surface area contributed by atoms with Crippen molar-refractivity contribution in [1.29, 1.82) is 0 Å². The Morgan fingerprint density at radius 2 is 2.11 bits per heavy atom. The van der Waals surface area contributed by atoms with E-state index >= 15 is 0 Å². The molecule has 7 nitrogen and oxygen atoms in total. The van der Waals surface area contributed by atoms with Gasteiger partial charge in [-0.25, -0.2) is 4.79 Å². The fraction of sp³-hybridized carbons (Fsp3) is 0.545. The van der Waals surface area contributed by atoms with Crippen LogP contribution in [0, 0.1) is 6.92 Å². The number of rotatable bonds is 1. The van der Waals surface area contributed by atoms with Crippen molar-refractivity contribution >= 4 is 5.97 Å². The van der Waals surface area contributed by atoms with E-state index in [-0.39, 0.29) is 12.4 Å². The number of hydrogen-bond acceptors (Lipinski definition) is 7. The molecule has 1 aromatic heterocycles. The monoisotopic (exact) mass is 256 g/mol. The lowest BCUT2D eigenvalue weighted by Crippen LogP contribution is -2.55. The van der Waals surface area contributed by atoms with Gasteiger partial charge in [0.2, 0.25) is 0 Å². The zero-order valence-electron chi connectivity index (χ0n) is 9.49. The SMILES string of the molecule is Cc1ccc([C@@]2(O)C(=O)OC3C(O)CO[C@@]32O)o1. The smallest absolute Gasteiger partial charge is 0.352 e. The average Bonchev–Trinajstić information content (AvgIpc) is 2.92. The summed E-state index contributed by atoms with van der Waals surface area (Å²) in [7, 11) is 0. The van der Waals surface area contributed by atoms with E-state index in [9.17, 15) is 20.1 Å². The van der Waals surface area contributed by atoms with E-state index in [0.717, 1.165) is 0 Å². The quantitative estimate of drug-likeness (QED) is 0.540. The van der Waals surface area contributed by atoms with Crippen LogP contribution in [-0.4, -0.2) is 45.9 Å².